The van der Waals surface area contributed by atoms with Gasteiger partial charge in [0.1, 0.15) is 5.76 Å². The number of hydrogen-bond donors (Lipinski definition) is 1. The maximum atomic E-state index is 13.1. The van der Waals surface area contributed by atoms with Gasteiger partial charge in [0.2, 0.25) is 0 Å². The van der Waals surface area contributed by atoms with Crippen molar-refractivity contribution in [2.75, 3.05) is 39.9 Å². The van der Waals surface area contributed by atoms with Crippen molar-refractivity contribution in [3.05, 3.63) is 65.2 Å². The van der Waals surface area contributed by atoms with E-state index in [-0.39, 0.29) is 11.3 Å². The predicted octanol–water partition coefficient (Wildman–Crippen LogP) is 3.86. The van der Waals surface area contributed by atoms with Crippen LogP contribution < -0.4 is 9.47 Å². The number of likely N-dealkylation sites (tertiary alicyclic amines) is 1. The topological polar surface area (TPSA) is 79.3 Å². The second-order valence-electron chi connectivity index (χ2n) is 7.73. The van der Waals surface area contributed by atoms with Crippen LogP contribution in [0, 0.1) is 0 Å². The molecule has 2 aromatic carbocycles. The number of carbonyl (C=O) groups is 2. The summed E-state index contributed by atoms with van der Waals surface area (Å²) in [6, 6.07) is 13.4. The fourth-order valence-corrected chi connectivity index (χ4v) is 4.13. The number of aliphatic hydroxyl groups is 1. The summed E-state index contributed by atoms with van der Waals surface area (Å²) in [6.07, 6.45) is 0. The first-order valence-corrected chi connectivity index (χ1v) is 11.3. The summed E-state index contributed by atoms with van der Waals surface area (Å²) in [5.41, 5.74) is 1.24. The second-order valence-corrected chi connectivity index (χ2v) is 7.73. The minimum Gasteiger partial charge on any atom is -0.507 e. The quantitative estimate of drug-likeness (QED) is 0.335. The number of likely N-dealkylation sites (N-methyl/N-ethyl adjacent to an activating group) is 1. The molecule has 2 aromatic rings. The molecule has 1 N–H and O–H groups in total. The van der Waals surface area contributed by atoms with Gasteiger partial charge in [0.15, 0.2) is 11.5 Å². The second kappa shape index (κ2) is 11.0. The number of rotatable bonds is 10. The van der Waals surface area contributed by atoms with E-state index in [2.05, 4.69) is 18.7 Å². The molecule has 33 heavy (non-hydrogen) atoms. The van der Waals surface area contributed by atoms with Crippen molar-refractivity contribution in [3.8, 4) is 11.5 Å². The standard InChI is InChI=1S/C26H32N2O5/c1-5-27(6-2)15-16-28-23(19-13-14-20(33-7-3)21(17-19)32-4)22(25(30)26(28)31)24(29)18-11-9-8-10-12-18/h8-14,17,23,29H,5-7,15-16H2,1-4H3/b24-22-. The Balaban J connectivity index is 2.13. The number of nitrogens with zero attached hydrogens (tertiary/aromatic N) is 2. The molecule has 0 bridgehead atoms. The summed E-state index contributed by atoms with van der Waals surface area (Å²) in [4.78, 5) is 30.0. The zero-order valence-electron chi connectivity index (χ0n) is 19.7. The van der Waals surface area contributed by atoms with Crippen molar-refractivity contribution in [2.24, 2.45) is 0 Å². The van der Waals surface area contributed by atoms with Gasteiger partial charge in [-0.05, 0) is 37.7 Å². The largest absolute Gasteiger partial charge is 0.507 e. The number of Topliss-reactive ketones (excluding diaryl/α,β-unsaturated/α-hetero) is 1. The van der Waals surface area contributed by atoms with Gasteiger partial charge in [-0.25, -0.2) is 0 Å². The molecule has 1 amide bonds. The van der Waals surface area contributed by atoms with Crippen molar-refractivity contribution in [3.63, 3.8) is 0 Å². The van der Waals surface area contributed by atoms with Crippen LogP contribution in [0.2, 0.25) is 0 Å². The molecular formula is C26H32N2O5. The van der Waals surface area contributed by atoms with Crippen LogP contribution in [0.1, 0.15) is 37.9 Å². The number of carbonyl (C=O) groups excluding carboxylic acids is 2. The van der Waals surface area contributed by atoms with Gasteiger partial charge < -0.3 is 24.4 Å². The van der Waals surface area contributed by atoms with Gasteiger partial charge in [0.05, 0.1) is 25.3 Å². The molecule has 0 radical (unpaired) electrons. The van der Waals surface area contributed by atoms with Gasteiger partial charge >= 0.3 is 0 Å². The molecule has 1 aliphatic heterocycles. The number of benzene rings is 2. The summed E-state index contributed by atoms with van der Waals surface area (Å²) >= 11 is 0. The number of ketones is 1. The monoisotopic (exact) mass is 452 g/mol. The lowest BCUT2D eigenvalue weighted by Gasteiger charge is -2.28. The zero-order chi connectivity index (χ0) is 24.0. The van der Waals surface area contributed by atoms with Crippen LogP contribution in [0.15, 0.2) is 54.1 Å². The number of ether oxygens (including phenoxy) is 2. The van der Waals surface area contributed by atoms with Crippen LogP contribution in [0.25, 0.3) is 5.76 Å². The van der Waals surface area contributed by atoms with Gasteiger partial charge in [-0.1, -0.05) is 50.2 Å². The Morgan fingerprint density at radius 2 is 1.73 bits per heavy atom. The third kappa shape index (κ3) is 5.03. The minimum absolute atomic E-state index is 0.0805. The van der Waals surface area contributed by atoms with Crippen LogP contribution in [0.4, 0.5) is 0 Å². The lowest BCUT2D eigenvalue weighted by molar-refractivity contribution is -0.140. The molecule has 1 unspecified atom stereocenters. The highest BCUT2D eigenvalue weighted by Crippen LogP contribution is 2.41. The van der Waals surface area contributed by atoms with Gasteiger partial charge in [-0.2, -0.15) is 0 Å². The lowest BCUT2D eigenvalue weighted by atomic mass is 9.95. The van der Waals surface area contributed by atoms with E-state index in [0.29, 0.717) is 42.3 Å². The van der Waals surface area contributed by atoms with E-state index in [1.54, 1.807) is 48.4 Å². The molecule has 1 atom stereocenters. The van der Waals surface area contributed by atoms with E-state index < -0.39 is 17.7 Å². The molecule has 176 valence electrons. The minimum atomic E-state index is -0.731. The molecule has 7 heteroatoms. The Morgan fingerprint density at radius 1 is 1.03 bits per heavy atom. The van der Waals surface area contributed by atoms with E-state index in [9.17, 15) is 14.7 Å². The fraction of sp³-hybridized carbons (Fsp3) is 0.385. The third-order valence-electron chi connectivity index (χ3n) is 5.94. The van der Waals surface area contributed by atoms with Gasteiger partial charge in [0, 0.05) is 18.7 Å². The van der Waals surface area contributed by atoms with Crippen molar-refractivity contribution in [2.45, 2.75) is 26.8 Å². The van der Waals surface area contributed by atoms with E-state index in [1.165, 1.54) is 0 Å². The molecule has 0 aliphatic carbocycles. The normalized spacial score (nSPS) is 17.6. The smallest absolute Gasteiger partial charge is 0.295 e. The zero-order valence-corrected chi connectivity index (χ0v) is 19.7. The maximum absolute atomic E-state index is 13.1. The van der Waals surface area contributed by atoms with Gasteiger partial charge in [-0.3, -0.25) is 9.59 Å². The lowest BCUT2D eigenvalue weighted by Crippen LogP contribution is -2.38. The summed E-state index contributed by atoms with van der Waals surface area (Å²) in [7, 11) is 1.54. The average Bonchev–Trinajstić information content (AvgIpc) is 3.10. The van der Waals surface area contributed by atoms with Crippen molar-refractivity contribution in [1.29, 1.82) is 0 Å². The fourth-order valence-electron chi connectivity index (χ4n) is 4.13. The van der Waals surface area contributed by atoms with Crippen LogP contribution >= 0.6 is 0 Å². The first-order valence-electron chi connectivity index (χ1n) is 11.3. The van der Waals surface area contributed by atoms with E-state index in [1.807, 2.05) is 19.1 Å². The van der Waals surface area contributed by atoms with Crippen LogP contribution in [0.3, 0.4) is 0 Å². The molecule has 1 heterocycles. The highest BCUT2D eigenvalue weighted by Gasteiger charge is 2.46. The van der Waals surface area contributed by atoms with Crippen molar-refractivity contribution in [1.82, 2.24) is 9.80 Å². The third-order valence-corrected chi connectivity index (χ3v) is 5.94. The molecule has 0 spiro atoms. The number of methoxy groups -OCH3 is 1. The Morgan fingerprint density at radius 3 is 2.33 bits per heavy atom. The van der Waals surface area contributed by atoms with E-state index in [4.69, 9.17) is 9.47 Å². The molecule has 0 aromatic heterocycles. The highest BCUT2D eigenvalue weighted by atomic mass is 16.5. The Bertz CT molecular complexity index is 1010. The molecule has 1 aliphatic rings. The highest BCUT2D eigenvalue weighted by molar-refractivity contribution is 6.46. The van der Waals surface area contributed by atoms with E-state index >= 15 is 0 Å². The summed E-state index contributed by atoms with van der Waals surface area (Å²) < 4.78 is 11.1. The van der Waals surface area contributed by atoms with Crippen molar-refractivity contribution < 1.29 is 24.2 Å². The SMILES string of the molecule is CCOc1ccc(C2/C(=C(/O)c3ccccc3)C(=O)C(=O)N2CCN(CC)CC)cc1OC. The first-order chi connectivity index (χ1) is 16.0. The molecular weight excluding hydrogens is 420 g/mol. The van der Waals surface area contributed by atoms with Crippen LogP contribution in [0.5, 0.6) is 11.5 Å². The molecule has 7 nitrogen and oxygen atoms in total. The Labute approximate surface area is 195 Å². The number of aliphatic hydroxyl groups excluding tert-OH is 1. The van der Waals surface area contributed by atoms with Crippen LogP contribution in [-0.2, 0) is 9.59 Å². The number of amides is 1. The average molecular weight is 453 g/mol. The Hall–Kier alpha value is -3.32. The predicted molar refractivity (Wildman–Crippen MR) is 127 cm³/mol. The van der Waals surface area contributed by atoms with Crippen LogP contribution in [-0.4, -0.2) is 66.5 Å². The van der Waals surface area contributed by atoms with Gasteiger partial charge in [0.25, 0.3) is 11.7 Å². The number of hydrogen-bond acceptors (Lipinski definition) is 6. The molecule has 3 rings (SSSR count). The van der Waals surface area contributed by atoms with E-state index in [0.717, 1.165) is 13.1 Å². The summed E-state index contributed by atoms with van der Waals surface area (Å²) in [6.45, 7) is 9.14. The molecule has 0 saturated carbocycles. The van der Waals surface area contributed by atoms with Gasteiger partial charge in [-0.15, -0.1) is 0 Å². The maximum Gasteiger partial charge on any atom is 0.295 e. The first kappa shape index (κ1) is 24.3. The summed E-state index contributed by atoms with van der Waals surface area (Å²) in [5.74, 6) is -0.404. The summed E-state index contributed by atoms with van der Waals surface area (Å²) in [5, 5.41) is 11.1. The molecule has 1 saturated heterocycles. The molecule has 1 fully saturated rings. The van der Waals surface area contributed by atoms with Crippen molar-refractivity contribution >= 4 is 17.4 Å². The Kier molecular flexibility index (Phi) is 8.11.